The third kappa shape index (κ3) is 2.77. The minimum Gasteiger partial charge on any atom is -0.363 e. The summed E-state index contributed by atoms with van der Waals surface area (Å²) in [5, 5.41) is 18.8. The Balaban J connectivity index is 2.22. The molecule has 0 spiro atoms. The van der Waals surface area contributed by atoms with E-state index in [4.69, 9.17) is 0 Å². The second kappa shape index (κ2) is 6.03. The van der Waals surface area contributed by atoms with Crippen LogP contribution < -0.4 is 5.32 Å². The lowest BCUT2D eigenvalue weighted by atomic mass is 10.1. The van der Waals surface area contributed by atoms with E-state index in [1.54, 1.807) is 11.6 Å². The summed E-state index contributed by atoms with van der Waals surface area (Å²) >= 11 is 1.87. The van der Waals surface area contributed by atoms with E-state index >= 15 is 0 Å². The highest BCUT2D eigenvalue weighted by Gasteiger charge is 2.34. The minimum absolute atomic E-state index is 0.112. The fourth-order valence-electron chi connectivity index (χ4n) is 2.91. The molecule has 0 aromatic carbocycles. The van der Waals surface area contributed by atoms with Crippen LogP contribution in [-0.4, -0.2) is 32.3 Å². The van der Waals surface area contributed by atoms with E-state index in [-0.39, 0.29) is 15.4 Å². The standard InChI is InChI=1S/C13H22N4O2S/c1-4-16-12(11(17(18)19)10(2)15-16)14-9-13(20-3)7-5-6-8-13/h14H,4-9H2,1-3H3. The van der Waals surface area contributed by atoms with Gasteiger partial charge in [0.1, 0.15) is 5.69 Å². The van der Waals surface area contributed by atoms with E-state index in [9.17, 15) is 10.1 Å². The first kappa shape index (κ1) is 15.2. The Morgan fingerprint density at radius 3 is 2.65 bits per heavy atom. The average Bonchev–Trinajstić information content (AvgIpc) is 3.01. The van der Waals surface area contributed by atoms with Gasteiger partial charge in [-0.25, -0.2) is 4.68 Å². The van der Waals surface area contributed by atoms with Crippen molar-refractivity contribution >= 4 is 23.3 Å². The Bertz CT molecular complexity index is 495. The molecule has 1 saturated carbocycles. The fraction of sp³-hybridized carbons (Fsp3) is 0.769. The monoisotopic (exact) mass is 298 g/mol. The Morgan fingerprint density at radius 2 is 2.15 bits per heavy atom. The topological polar surface area (TPSA) is 73.0 Å². The number of rotatable bonds is 6. The van der Waals surface area contributed by atoms with Crippen LogP contribution in [0.2, 0.25) is 0 Å². The zero-order chi connectivity index (χ0) is 14.8. The van der Waals surface area contributed by atoms with Crippen LogP contribution in [0.4, 0.5) is 11.5 Å². The van der Waals surface area contributed by atoms with Gasteiger partial charge in [0.15, 0.2) is 0 Å². The summed E-state index contributed by atoms with van der Waals surface area (Å²) in [6.45, 7) is 5.03. The van der Waals surface area contributed by atoms with Crippen LogP contribution in [-0.2, 0) is 6.54 Å². The van der Waals surface area contributed by atoms with Gasteiger partial charge < -0.3 is 5.32 Å². The Kier molecular flexibility index (Phi) is 4.57. The molecule has 1 N–H and O–H groups in total. The summed E-state index contributed by atoms with van der Waals surface area (Å²) in [6, 6.07) is 0. The normalized spacial score (nSPS) is 17.4. The number of aromatic nitrogens is 2. The highest BCUT2D eigenvalue weighted by Crippen LogP contribution is 2.41. The minimum atomic E-state index is -0.336. The molecule has 0 unspecified atom stereocenters. The van der Waals surface area contributed by atoms with Gasteiger partial charge in [0.2, 0.25) is 5.82 Å². The quantitative estimate of drug-likeness (QED) is 0.645. The number of hydrogen-bond donors (Lipinski definition) is 1. The predicted octanol–water partition coefficient (Wildman–Crippen LogP) is 3.21. The molecule has 20 heavy (non-hydrogen) atoms. The smallest absolute Gasteiger partial charge is 0.333 e. The Labute approximate surface area is 123 Å². The lowest BCUT2D eigenvalue weighted by Crippen LogP contribution is -2.30. The summed E-state index contributed by atoms with van der Waals surface area (Å²) in [4.78, 5) is 10.9. The summed E-state index contributed by atoms with van der Waals surface area (Å²) in [7, 11) is 0. The molecule has 6 nitrogen and oxygen atoms in total. The first-order valence-corrected chi connectivity index (χ1v) is 8.26. The molecule has 2 rings (SSSR count). The summed E-state index contributed by atoms with van der Waals surface area (Å²) in [6.07, 6.45) is 6.97. The lowest BCUT2D eigenvalue weighted by molar-refractivity contribution is -0.384. The van der Waals surface area contributed by atoms with Crippen molar-refractivity contribution in [1.82, 2.24) is 9.78 Å². The lowest BCUT2D eigenvalue weighted by Gasteiger charge is -2.27. The van der Waals surface area contributed by atoms with Crippen molar-refractivity contribution in [3.05, 3.63) is 15.8 Å². The highest BCUT2D eigenvalue weighted by molar-refractivity contribution is 8.00. The summed E-state index contributed by atoms with van der Waals surface area (Å²) in [5.41, 5.74) is 0.588. The SMILES string of the molecule is CCn1nc(C)c([N+](=O)[O-])c1NCC1(SC)CCCC1. The largest absolute Gasteiger partial charge is 0.363 e. The molecule has 112 valence electrons. The first-order chi connectivity index (χ1) is 9.53. The van der Waals surface area contributed by atoms with Crippen molar-refractivity contribution < 1.29 is 4.92 Å². The van der Waals surface area contributed by atoms with E-state index < -0.39 is 0 Å². The number of nitrogens with one attached hydrogen (secondary N) is 1. The number of anilines is 1. The van der Waals surface area contributed by atoms with Gasteiger partial charge in [0, 0.05) is 17.8 Å². The van der Waals surface area contributed by atoms with Crippen LogP contribution in [0.5, 0.6) is 0 Å². The van der Waals surface area contributed by atoms with Gasteiger partial charge >= 0.3 is 5.69 Å². The van der Waals surface area contributed by atoms with Gasteiger partial charge in [-0.15, -0.1) is 0 Å². The zero-order valence-corrected chi connectivity index (χ0v) is 13.1. The van der Waals surface area contributed by atoms with Gasteiger partial charge in [0.25, 0.3) is 0 Å². The number of nitrogens with zero attached hydrogens (tertiary/aromatic N) is 3. The highest BCUT2D eigenvalue weighted by atomic mass is 32.2. The Morgan fingerprint density at radius 1 is 1.50 bits per heavy atom. The second-order valence-electron chi connectivity index (χ2n) is 5.30. The van der Waals surface area contributed by atoms with E-state index in [0.717, 1.165) is 6.54 Å². The van der Waals surface area contributed by atoms with Crippen molar-refractivity contribution in [3.63, 3.8) is 0 Å². The molecular formula is C13H22N4O2S. The fourth-order valence-corrected chi connectivity index (χ4v) is 3.83. The zero-order valence-electron chi connectivity index (χ0n) is 12.3. The van der Waals surface area contributed by atoms with Crippen LogP contribution in [0, 0.1) is 17.0 Å². The molecule has 0 radical (unpaired) electrons. The molecule has 1 aromatic rings. The van der Waals surface area contributed by atoms with Crippen LogP contribution >= 0.6 is 11.8 Å². The third-order valence-corrected chi connectivity index (χ3v) is 5.52. The second-order valence-corrected chi connectivity index (χ2v) is 6.58. The molecule has 0 amide bonds. The van der Waals surface area contributed by atoms with Crippen LogP contribution in [0.15, 0.2) is 0 Å². The predicted molar refractivity (Wildman–Crippen MR) is 82.5 cm³/mol. The van der Waals surface area contributed by atoms with E-state index in [2.05, 4.69) is 16.7 Å². The molecule has 1 heterocycles. The maximum absolute atomic E-state index is 11.2. The molecule has 0 atom stereocenters. The molecule has 0 saturated heterocycles. The van der Waals surface area contributed by atoms with Crippen molar-refractivity contribution in [1.29, 1.82) is 0 Å². The summed E-state index contributed by atoms with van der Waals surface area (Å²) in [5.74, 6) is 0.551. The molecule has 1 fully saturated rings. The van der Waals surface area contributed by atoms with Gasteiger partial charge in [-0.05, 0) is 32.9 Å². The average molecular weight is 298 g/mol. The van der Waals surface area contributed by atoms with Crippen molar-refractivity contribution in [2.45, 2.75) is 50.8 Å². The molecular weight excluding hydrogens is 276 g/mol. The van der Waals surface area contributed by atoms with E-state index in [0.29, 0.717) is 18.1 Å². The molecule has 1 aliphatic rings. The maximum atomic E-state index is 11.2. The van der Waals surface area contributed by atoms with E-state index in [1.165, 1.54) is 25.7 Å². The van der Waals surface area contributed by atoms with Crippen LogP contribution in [0.25, 0.3) is 0 Å². The molecule has 1 aliphatic carbocycles. The maximum Gasteiger partial charge on any atom is 0.333 e. The van der Waals surface area contributed by atoms with Crippen LogP contribution in [0.3, 0.4) is 0 Å². The Hall–Kier alpha value is -1.24. The van der Waals surface area contributed by atoms with Crippen molar-refractivity contribution in [2.75, 3.05) is 18.1 Å². The van der Waals surface area contributed by atoms with Gasteiger partial charge in [-0.3, -0.25) is 10.1 Å². The van der Waals surface area contributed by atoms with Gasteiger partial charge in [-0.1, -0.05) is 12.8 Å². The van der Waals surface area contributed by atoms with Gasteiger partial charge in [-0.2, -0.15) is 16.9 Å². The van der Waals surface area contributed by atoms with E-state index in [1.807, 2.05) is 18.7 Å². The molecule has 7 heteroatoms. The van der Waals surface area contributed by atoms with Crippen molar-refractivity contribution in [3.8, 4) is 0 Å². The molecule has 1 aromatic heterocycles. The van der Waals surface area contributed by atoms with Gasteiger partial charge in [0.05, 0.1) is 4.92 Å². The number of nitro groups is 1. The van der Waals surface area contributed by atoms with Crippen LogP contribution in [0.1, 0.15) is 38.3 Å². The number of thioether (sulfide) groups is 1. The van der Waals surface area contributed by atoms with Crippen molar-refractivity contribution in [2.24, 2.45) is 0 Å². The number of hydrogen-bond acceptors (Lipinski definition) is 5. The number of aryl methyl sites for hydroxylation is 2. The molecule has 0 bridgehead atoms. The summed E-state index contributed by atoms with van der Waals surface area (Å²) < 4.78 is 1.90. The molecule has 0 aliphatic heterocycles. The first-order valence-electron chi connectivity index (χ1n) is 7.04. The third-order valence-electron chi connectivity index (χ3n) is 4.10.